The summed E-state index contributed by atoms with van der Waals surface area (Å²) in [6, 6.07) is 9.43. The molecule has 1 saturated heterocycles. The summed E-state index contributed by atoms with van der Waals surface area (Å²) < 4.78 is 7.75. The number of aryl methyl sites for hydroxylation is 1. The van der Waals surface area contributed by atoms with Crippen LogP contribution in [0.1, 0.15) is 33.2 Å². The standard InChI is InChI=1S/C21H20N4O4/c1-13-2-4-14(5-3-13)8-25-21(28)20(27)24-10-16-9-23(11-17(16)18(24)22-25)19(26)15-6-7-29-12-15/h2-7,12,16-17H,8-11H2,1H3/t16-,17-/m1/s1. The molecule has 2 aliphatic heterocycles. The Morgan fingerprint density at radius 2 is 1.90 bits per heavy atom. The lowest BCUT2D eigenvalue weighted by Crippen LogP contribution is -2.44. The van der Waals surface area contributed by atoms with E-state index in [1.165, 1.54) is 21.8 Å². The predicted molar refractivity (Wildman–Crippen MR) is 104 cm³/mol. The number of furan rings is 1. The number of aromatic nitrogens is 3. The number of rotatable bonds is 3. The van der Waals surface area contributed by atoms with Gasteiger partial charge >= 0.3 is 11.1 Å². The van der Waals surface area contributed by atoms with Crippen LogP contribution in [0.25, 0.3) is 0 Å². The van der Waals surface area contributed by atoms with Crippen LogP contribution in [0.15, 0.2) is 56.9 Å². The Hall–Kier alpha value is -3.42. The van der Waals surface area contributed by atoms with Gasteiger partial charge in [0.2, 0.25) is 0 Å². The van der Waals surface area contributed by atoms with Crippen molar-refractivity contribution >= 4 is 5.91 Å². The van der Waals surface area contributed by atoms with E-state index < -0.39 is 11.1 Å². The Labute approximate surface area is 166 Å². The van der Waals surface area contributed by atoms with Gasteiger partial charge in [0.25, 0.3) is 5.91 Å². The molecule has 0 unspecified atom stereocenters. The maximum absolute atomic E-state index is 12.7. The molecule has 2 aromatic heterocycles. The van der Waals surface area contributed by atoms with Crippen LogP contribution >= 0.6 is 0 Å². The average Bonchev–Trinajstić information content (AvgIpc) is 3.44. The zero-order chi connectivity index (χ0) is 20.1. The van der Waals surface area contributed by atoms with Gasteiger partial charge in [-0.05, 0) is 18.6 Å². The molecule has 0 saturated carbocycles. The van der Waals surface area contributed by atoms with E-state index in [2.05, 4.69) is 5.10 Å². The third-order valence-corrected chi connectivity index (χ3v) is 5.86. The van der Waals surface area contributed by atoms with E-state index in [9.17, 15) is 14.4 Å². The predicted octanol–water partition coefficient (Wildman–Crippen LogP) is 1.22. The Kier molecular flexibility index (Phi) is 4.01. The molecule has 3 aromatic rings. The van der Waals surface area contributed by atoms with E-state index in [0.29, 0.717) is 31.0 Å². The highest BCUT2D eigenvalue weighted by molar-refractivity contribution is 5.94. The lowest BCUT2D eigenvalue weighted by atomic mass is 10.00. The number of carbonyl (C=O) groups is 1. The van der Waals surface area contributed by atoms with Crippen molar-refractivity contribution in [1.82, 2.24) is 19.2 Å². The highest BCUT2D eigenvalue weighted by Gasteiger charge is 2.44. The van der Waals surface area contributed by atoms with Crippen LogP contribution < -0.4 is 11.1 Å². The van der Waals surface area contributed by atoms with Gasteiger partial charge in [-0.15, -0.1) is 0 Å². The van der Waals surface area contributed by atoms with Crippen molar-refractivity contribution in [3.63, 3.8) is 0 Å². The molecule has 29 heavy (non-hydrogen) atoms. The highest BCUT2D eigenvalue weighted by atomic mass is 16.3. The van der Waals surface area contributed by atoms with Crippen molar-refractivity contribution < 1.29 is 9.21 Å². The van der Waals surface area contributed by atoms with Gasteiger partial charge < -0.3 is 9.32 Å². The van der Waals surface area contributed by atoms with Gasteiger partial charge in [-0.2, -0.15) is 5.10 Å². The minimum atomic E-state index is -0.611. The molecule has 0 aliphatic carbocycles. The number of amides is 1. The first-order chi connectivity index (χ1) is 14.0. The van der Waals surface area contributed by atoms with E-state index in [0.717, 1.165) is 11.1 Å². The molecule has 4 heterocycles. The zero-order valence-corrected chi connectivity index (χ0v) is 15.9. The van der Waals surface area contributed by atoms with Crippen molar-refractivity contribution in [3.05, 3.63) is 86.1 Å². The molecule has 1 amide bonds. The Morgan fingerprint density at radius 1 is 1.10 bits per heavy atom. The van der Waals surface area contributed by atoms with Gasteiger partial charge in [-0.25, -0.2) is 4.68 Å². The molecule has 8 nitrogen and oxygen atoms in total. The fourth-order valence-electron chi connectivity index (χ4n) is 4.30. The highest BCUT2D eigenvalue weighted by Crippen LogP contribution is 2.37. The summed E-state index contributed by atoms with van der Waals surface area (Å²) in [4.78, 5) is 39.6. The van der Waals surface area contributed by atoms with Gasteiger partial charge in [0.1, 0.15) is 12.1 Å². The average molecular weight is 392 g/mol. The van der Waals surface area contributed by atoms with Gasteiger partial charge in [-0.3, -0.25) is 19.0 Å². The number of nitrogens with zero attached hydrogens (tertiary/aromatic N) is 4. The quantitative estimate of drug-likeness (QED) is 0.625. The van der Waals surface area contributed by atoms with Crippen LogP contribution in [0.4, 0.5) is 0 Å². The molecular weight excluding hydrogens is 372 g/mol. The van der Waals surface area contributed by atoms with Crippen LogP contribution in [0.3, 0.4) is 0 Å². The molecule has 8 heteroatoms. The molecule has 148 valence electrons. The Bertz CT molecular complexity index is 1190. The summed E-state index contributed by atoms with van der Waals surface area (Å²) in [5, 5.41) is 4.54. The molecule has 1 fully saturated rings. The van der Waals surface area contributed by atoms with E-state index >= 15 is 0 Å². The van der Waals surface area contributed by atoms with Crippen molar-refractivity contribution in [1.29, 1.82) is 0 Å². The van der Waals surface area contributed by atoms with Crippen LogP contribution in [-0.2, 0) is 13.1 Å². The van der Waals surface area contributed by atoms with Gasteiger partial charge in [0, 0.05) is 31.5 Å². The normalized spacial score (nSPS) is 20.0. The molecule has 5 rings (SSSR count). The second-order valence-electron chi connectivity index (χ2n) is 7.81. The first-order valence-electron chi connectivity index (χ1n) is 9.60. The number of likely N-dealkylation sites (tertiary alicyclic amines) is 1. The number of hydrogen-bond acceptors (Lipinski definition) is 5. The second-order valence-corrected chi connectivity index (χ2v) is 7.81. The van der Waals surface area contributed by atoms with Crippen molar-refractivity contribution in [3.8, 4) is 0 Å². The fourth-order valence-corrected chi connectivity index (χ4v) is 4.30. The lowest BCUT2D eigenvalue weighted by molar-refractivity contribution is 0.0782. The maximum Gasteiger partial charge on any atom is 0.332 e. The minimum absolute atomic E-state index is 0.0524. The van der Waals surface area contributed by atoms with E-state index in [4.69, 9.17) is 4.42 Å². The topological polar surface area (TPSA) is 90.3 Å². The van der Waals surface area contributed by atoms with Crippen LogP contribution in [0.5, 0.6) is 0 Å². The molecule has 2 aliphatic rings. The third kappa shape index (κ3) is 2.91. The van der Waals surface area contributed by atoms with Gasteiger partial charge in [0.15, 0.2) is 0 Å². The summed E-state index contributed by atoms with van der Waals surface area (Å²) in [5.41, 5.74) is 1.40. The fraction of sp³-hybridized carbons (Fsp3) is 0.333. The number of fused-ring (bicyclic) bond motifs is 3. The molecule has 0 spiro atoms. The Morgan fingerprint density at radius 3 is 2.62 bits per heavy atom. The molecule has 2 atom stereocenters. The van der Waals surface area contributed by atoms with Crippen LogP contribution in [-0.4, -0.2) is 38.2 Å². The largest absolute Gasteiger partial charge is 0.472 e. The Balaban J connectivity index is 1.45. The van der Waals surface area contributed by atoms with E-state index in [1.807, 2.05) is 31.2 Å². The summed E-state index contributed by atoms with van der Waals surface area (Å²) >= 11 is 0. The first-order valence-corrected chi connectivity index (χ1v) is 9.60. The molecule has 1 aromatic carbocycles. The summed E-state index contributed by atoms with van der Waals surface area (Å²) in [5.74, 6) is 0.535. The van der Waals surface area contributed by atoms with E-state index in [1.54, 1.807) is 11.0 Å². The summed E-state index contributed by atoms with van der Waals surface area (Å²) in [6.45, 7) is 3.67. The molecule has 0 N–H and O–H groups in total. The molecule has 0 bridgehead atoms. The minimum Gasteiger partial charge on any atom is -0.472 e. The summed E-state index contributed by atoms with van der Waals surface area (Å²) in [7, 11) is 0. The first kappa shape index (κ1) is 17.7. The lowest BCUT2D eigenvalue weighted by Gasteiger charge is -2.17. The smallest absolute Gasteiger partial charge is 0.332 e. The number of carbonyl (C=O) groups excluding carboxylic acids is 1. The van der Waals surface area contributed by atoms with Crippen LogP contribution in [0, 0.1) is 12.8 Å². The summed E-state index contributed by atoms with van der Waals surface area (Å²) in [6.07, 6.45) is 2.91. The molecular formula is C21H20N4O4. The zero-order valence-electron chi connectivity index (χ0n) is 15.9. The van der Waals surface area contributed by atoms with Crippen molar-refractivity contribution in [2.45, 2.75) is 25.9 Å². The van der Waals surface area contributed by atoms with Crippen molar-refractivity contribution in [2.75, 3.05) is 13.1 Å². The second kappa shape index (κ2) is 6.58. The van der Waals surface area contributed by atoms with Crippen molar-refractivity contribution in [2.24, 2.45) is 5.92 Å². The molecule has 0 radical (unpaired) electrons. The third-order valence-electron chi connectivity index (χ3n) is 5.86. The monoisotopic (exact) mass is 392 g/mol. The number of hydrogen-bond donors (Lipinski definition) is 0. The van der Waals surface area contributed by atoms with Gasteiger partial charge in [0.05, 0.1) is 18.4 Å². The number of benzene rings is 1. The van der Waals surface area contributed by atoms with Gasteiger partial charge in [-0.1, -0.05) is 29.8 Å². The maximum atomic E-state index is 12.7. The SMILES string of the molecule is Cc1ccc(Cn2nc3n(c(=O)c2=O)C[C@H]2CN(C(=O)c4ccoc4)C[C@@H]32)cc1. The van der Waals surface area contributed by atoms with E-state index in [-0.39, 0.29) is 24.3 Å². The van der Waals surface area contributed by atoms with Crippen LogP contribution in [0.2, 0.25) is 0 Å².